The Morgan fingerprint density at radius 3 is 1.31 bits per heavy atom. The molecule has 0 fully saturated rings. The smallest absolute Gasteiger partial charge is 0.0667 e. The molecule has 0 atom stereocenters. The minimum absolute atomic E-state index is 0.880. The lowest BCUT2D eigenvalue weighted by Gasteiger charge is -2.40. The van der Waals surface area contributed by atoms with Crippen molar-refractivity contribution in [3.05, 3.63) is 121 Å². The molecule has 0 spiro atoms. The van der Waals surface area contributed by atoms with Crippen LogP contribution in [0.4, 0.5) is 0 Å². The summed E-state index contributed by atoms with van der Waals surface area (Å²) in [6.07, 6.45) is 0. The van der Waals surface area contributed by atoms with E-state index in [9.17, 15) is 0 Å². The van der Waals surface area contributed by atoms with E-state index >= 15 is 0 Å². The normalized spacial score (nSPS) is 11.6. The van der Waals surface area contributed by atoms with Gasteiger partial charge in [-0.15, -0.1) is 0 Å². The van der Waals surface area contributed by atoms with Crippen LogP contribution < -0.4 is 20.7 Å². The first kappa shape index (κ1) is 23.8. The van der Waals surface area contributed by atoms with Crippen LogP contribution in [-0.2, 0) is 0 Å². The molecular weight excluding hydrogens is 513 g/mol. The number of hydrogen-bond acceptors (Lipinski definition) is 0. The largest absolute Gasteiger partial charge is 0.139 e. The van der Waals surface area contributed by atoms with Crippen LogP contribution in [0.25, 0.3) is 0 Å². The second-order valence-corrected chi connectivity index (χ2v) is 34.8. The fourth-order valence-corrected chi connectivity index (χ4v) is 61.5. The fraction of sp³-hybridized carbons (Fsp3) is 0. The Bertz CT molecular complexity index is 966. The lowest BCUT2D eigenvalue weighted by Crippen LogP contribution is -2.81. The zero-order valence-corrected chi connectivity index (χ0v) is 25.5. The molecule has 0 aliphatic rings. The van der Waals surface area contributed by atoms with Crippen molar-refractivity contribution in [3.8, 4) is 0 Å². The van der Waals surface area contributed by atoms with E-state index in [1.165, 1.54) is 0 Å². The summed E-state index contributed by atoms with van der Waals surface area (Å²) in [4.78, 5) is 0. The summed E-state index contributed by atoms with van der Waals surface area (Å²) >= 11 is 0. The van der Waals surface area contributed by atoms with Gasteiger partial charge in [0.15, 0.2) is 0 Å². The third-order valence-corrected chi connectivity index (χ3v) is 47.3. The average Bonchev–Trinajstić information content (AvgIpc) is 2.88. The molecule has 0 N–H and O–H groups in total. The Morgan fingerprint density at radius 2 is 0.906 bits per heavy atom. The highest BCUT2D eigenvalue weighted by atomic mass is 30.0. The fourth-order valence-electron chi connectivity index (χ4n) is 4.14. The molecule has 0 heterocycles. The van der Waals surface area contributed by atoms with Crippen molar-refractivity contribution < 1.29 is 0 Å². The van der Waals surface area contributed by atoms with Crippen LogP contribution in [0.5, 0.6) is 0 Å². The second kappa shape index (κ2) is 12.2. The molecule has 0 saturated heterocycles. The van der Waals surface area contributed by atoms with Crippen molar-refractivity contribution in [2.75, 3.05) is 0 Å². The summed E-state index contributed by atoms with van der Waals surface area (Å²) < 4.78 is 0. The van der Waals surface area contributed by atoms with Crippen molar-refractivity contribution >= 4 is 88.7 Å². The lowest BCUT2D eigenvalue weighted by atomic mass is 10.3. The van der Waals surface area contributed by atoms with Gasteiger partial charge in [-0.25, -0.2) is 0 Å². The van der Waals surface area contributed by atoms with Crippen molar-refractivity contribution in [2.45, 2.75) is 0 Å². The van der Waals surface area contributed by atoms with Gasteiger partial charge in [0.2, 0.25) is 0 Å². The van der Waals surface area contributed by atoms with Crippen LogP contribution in [0.2, 0.25) is 0 Å². The first-order valence-electron chi connectivity index (χ1n) is 10.4. The molecule has 4 aromatic rings. The minimum Gasteiger partial charge on any atom is -0.0667 e. The van der Waals surface area contributed by atoms with E-state index in [1.54, 1.807) is 20.7 Å². The molecule has 0 aromatic heterocycles. The number of rotatable bonds is 10. The van der Waals surface area contributed by atoms with Crippen LogP contribution in [0.1, 0.15) is 0 Å². The van der Waals surface area contributed by atoms with E-state index in [2.05, 4.69) is 131 Å². The van der Waals surface area contributed by atoms with Gasteiger partial charge in [-0.05, 0) is 0 Å². The highest BCUT2D eigenvalue weighted by molar-refractivity contribution is 7.77. The van der Waals surface area contributed by atoms with Gasteiger partial charge < -0.3 is 0 Å². The van der Waals surface area contributed by atoms with E-state index in [4.69, 9.17) is 0 Å². The molecule has 4 rings (SSSR count). The van der Waals surface area contributed by atoms with Gasteiger partial charge in [-0.3, -0.25) is 0 Å². The SMILES string of the molecule is [Si][Si][Si][Si][Si][Si][Si](c1ccccc1)[Si](c1ccccc1)(c1ccccc1)c1ccccc1. The minimum atomic E-state index is -2.24. The summed E-state index contributed by atoms with van der Waals surface area (Å²) in [5.74, 6) is 0. The van der Waals surface area contributed by atoms with E-state index < -0.39 is 15.4 Å². The molecule has 0 unspecified atom stereocenters. The lowest BCUT2D eigenvalue weighted by molar-refractivity contribution is 1.70. The van der Waals surface area contributed by atoms with Gasteiger partial charge >= 0.3 is 0 Å². The van der Waals surface area contributed by atoms with Crippen molar-refractivity contribution in [1.82, 2.24) is 0 Å². The second-order valence-electron chi connectivity index (χ2n) is 7.21. The van der Waals surface area contributed by atoms with Crippen LogP contribution in [0.15, 0.2) is 121 Å². The Hall–Kier alpha value is -1.38. The standard InChI is InChI=1S/C24H20Si8/c25-26-27-28-29-30-31(21-13-5-1-6-14-21)32(22-15-7-2-8-16-22,23-17-9-3-10-18-23)24-19-11-4-12-20-24/h1-20H. The van der Waals surface area contributed by atoms with E-state index in [-0.39, 0.29) is 0 Å². The highest BCUT2D eigenvalue weighted by Gasteiger charge is 2.47. The molecule has 0 amide bonds. The van der Waals surface area contributed by atoms with Crippen molar-refractivity contribution in [3.63, 3.8) is 0 Å². The molecule has 14 radical (unpaired) electrons. The van der Waals surface area contributed by atoms with Crippen LogP contribution in [0, 0.1) is 0 Å². The predicted molar refractivity (Wildman–Crippen MR) is 150 cm³/mol. The third kappa shape index (κ3) is 5.23. The monoisotopic (exact) mass is 532 g/mol. The molecule has 0 aliphatic carbocycles. The predicted octanol–water partition coefficient (Wildman–Crippen LogP) is 0.398. The molecule has 0 nitrogen and oxygen atoms in total. The van der Waals surface area contributed by atoms with Gasteiger partial charge in [0, 0.05) is 52.5 Å². The summed E-state index contributed by atoms with van der Waals surface area (Å²) in [5, 5.41) is 6.26. The van der Waals surface area contributed by atoms with Gasteiger partial charge in [0.05, 0.1) is 7.83 Å². The third-order valence-electron chi connectivity index (χ3n) is 5.43. The van der Waals surface area contributed by atoms with Crippen LogP contribution >= 0.6 is 0 Å². The summed E-state index contributed by atoms with van der Waals surface area (Å²) in [7, 11) is 5.81. The maximum absolute atomic E-state index is 3.73. The molecule has 4 aromatic carbocycles. The molecule has 0 aliphatic heterocycles. The Balaban J connectivity index is 1.99. The Morgan fingerprint density at radius 1 is 0.500 bits per heavy atom. The quantitative estimate of drug-likeness (QED) is 0.158. The van der Waals surface area contributed by atoms with Gasteiger partial charge in [0.1, 0.15) is 7.59 Å². The molecule has 8 heteroatoms. The van der Waals surface area contributed by atoms with E-state index in [0.717, 1.165) is 42.8 Å². The van der Waals surface area contributed by atoms with Crippen LogP contribution in [0.3, 0.4) is 0 Å². The summed E-state index contributed by atoms with van der Waals surface area (Å²) in [5.41, 5.74) is 0. The van der Waals surface area contributed by atoms with Gasteiger partial charge in [0.25, 0.3) is 0 Å². The number of hydrogen-bond donors (Lipinski definition) is 0. The van der Waals surface area contributed by atoms with E-state index in [0.29, 0.717) is 0 Å². The Kier molecular flexibility index (Phi) is 9.05. The first-order chi connectivity index (χ1) is 15.9. The zero-order valence-electron chi connectivity index (χ0n) is 17.5. The van der Waals surface area contributed by atoms with Gasteiger partial charge in [-0.2, -0.15) is 0 Å². The molecular formula is C24H20Si8. The molecule has 0 bridgehead atoms. The molecule has 0 saturated carbocycles. The highest BCUT2D eigenvalue weighted by Crippen LogP contribution is 2.12. The van der Waals surface area contributed by atoms with Crippen molar-refractivity contribution in [2.24, 2.45) is 0 Å². The van der Waals surface area contributed by atoms with Gasteiger partial charge in [-0.1, -0.05) is 142 Å². The molecule has 32 heavy (non-hydrogen) atoms. The molecule has 148 valence electrons. The maximum atomic E-state index is 3.73. The maximum Gasteiger partial charge on any atom is 0.139 e. The topological polar surface area (TPSA) is 0 Å². The summed E-state index contributed by atoms with van der Waals surface area (Å²) in [6.45, 7) is 0. The van der Waals surface area contributed by atoms with Crippen molar-refractivity contribution in [1.29, 1.82) is 0 Å². The average molecular weight is 533 g/mol. The zero-order chi connectivity index (χ0) is 22.1. The summed E-state index contributed by atoms with van der Waals surface area (Å²) in [6, 6.07) is 45.9. The van der Waals surface area contributed by atoms with E-state index in [1.807, 2.05) is 0 Å². The number of benzene rings is 4. The Labute approximate surface area is 209 Å². The van der Waals surface area contributed by atoms with Crippen LogP contribution in [-0.4, -0.2) is 68.0 Å². The first-order valence-corrected chi connectivity index (χ1v) is 26.4.